The minimum Gasteiger partial charge on any atom is -0.493 e. The Bertz CT molecular complexity index is 502. The first-order valence-electron chi connectivity index (χ1n) is 7.33. The molecule has 0 spiro atoms. The summed E-state index contributed by atoms with van der Waals surface area (Å²) in [7, 11) is 1.51. The van der Waals surface area contributed by atoms with Crippen LogP contribution in [-0.2, 0) is 9.53 Å². The Balaban J connectivity index is 2.23. The van der Waals surface area contributed by atoms with Crippen LogP contribution >= 0.6 is 0 Å². The topological polar surface area (TPSA) is 73.6 Å². The van der Waals surface area contributed by atoms with Crippen LogP contribution < -0.4 is 15.8 Å². The third-order valence-corrected chi connectivity index (χ3v) is 3.79. The number of benzene rings is 1. The van der Waals surface area contributed by atoms with Crippen molar-refractivity contribution >= 4 is 5.91 Å². The van der Waals surface area contributed by atoms with Gasteiger partial charge in [0, 0.05) is 25.1 Å². The highest BCUT2D eigenvalue weighted by atomic mass is 16.5. The molecular formula is C16H24N2O3. The summed E-state index contributed by atoms with van der Waals surface area (Å²) in [4.78, 5) is 11.7. The Labute approximate surface area is 125 Å². The van der Waals surface area contributed by atoms with Crippen LogP contribution in [0.1, 0.15) is 43.5 Å². The van der Waals surface area contributed by atoms with Crippen LogP contribution in [0.3, 0.4) is 0 Å². The van der Waals surface area contributed by atoms with E-state index in [1.165, 1.54) is 7.11 Å². The summed E-state index contributed by atoms with van der Waals surface area (Å²) >= 11 is 0. The molecule has 116 valence electrons. The van der Waals surface area contributed by atoms with E-state index in [2.05, 4.69) is 25.2 Å². The van der Waals surface area contributed by atoms with Crippen LogP contribution in [0, 0.1) is 5.92 Å². The summed E-state index contributed by atoms with van der Waals surface area (Å²) in [6.45, 7) is 4.86. The van der Waals surface area contributed by atoms with Gasteiger partial charge in [-0.05, 0) is 23.6 Å². The predicted octanol–water partition coefficient (Wildman–Crippen LogP) is 1.93. The minimum absolute atomic E-state index is 0.0208. The van der Waals surface area contributed by atoms with Gasteiger partial charge in [-0.1, -0.05) is 19.9 Å². The van der Waals surface area contributed by atoms with Gasteiger partial charge in [0.05, 0.1) is 12.6 Å². The van der Waals surface area contributed by atoms with Crippen molar-refractivity contribution in [3.8, 4) is 5.75 Å². The van der Waals surface area contributed by atoms with Crippen molar-refractivity contribution < 1.29 is 14.3 Å². The highest BCUT2D eigenvalue weighted by Gasteiger charge is 2.24. The highest BCUT2D eigenvalue weighted by Crippen LogP contribution is 2.34. The van der Waals surface area contributed by atoms with Gasteiger partial charge in [0.25, 0.3) is 0 Å². The number of rotatable bonds is 5. The average Bonchev–Trinajstić information content (AvgIpc) is 2.46. The second-order valence-electron chi connectivity index (χ2n) is 5.76. The Morgan fingerprint density at radius 2 is 2.29 bits per heavy atom. The lowest BCUT2D eigenvalue weighted by Crippen LogP contribution is -2.34. The summed E-state index contributed by atoms with van der Waals surface area (Å²) in [6.07, 6.45) is 0.753. The maximum atomic E-state index is 11.7. The van der Waals surface area contributed by atoms with E-state index in [0.717, 1.165) is 23.3 Å². The molecule has 3 N–H and O–H groups in total. The number of fused-ring (bicyclic) bond motifs is 1. The number of nitrogens with one attached hydrogen (secondary N) is 1. The number of methoxy groups -OCH3 is 1. The second-order valence-corrected chi connectivity index (χ2v) is 5.76. The van der Waals surface area contributed by atoms with Crippen LogP contribution in [0.25, 0.3) is 0 Å². The van der Waals surface area contributed by atoms with Gasteiger partial charge in [0.2, 0.25) is 5.91 Å². The summed E-state index contributed by atoms with van der Waals surface area (Å²) in [6, 6.07) is 5.93. The first-order valence-corrected chi connectivity index (χ1v) is 7.33. The molecule has 0 aliphatic carbocycles. The maximum Gasteiger partial charge on any atom is 0.246 e. The van der Waals surface area contributed by atoms with Gasteiger partial charge in [-0.15, -0.1) is 0 Å². The average molecular weight is 292 g/mol. The number of carbonyl (C=O) groups excluding carboxylic acids is 1. The summed E-state index contributed by atoms with van der Waals surface area (Å²) in [5.41, 5.74) is 8.29. The standard InChI is InChI=1S/C16H24N2O3/c1-10(2)16(17)11-4-5-14-12(8-11)13(6-7-21-14)18-15(19)9-20-3/h4-5,8,10,13,16H,6-7,9,17H2,1-3H3,(H,18,19). The molecule has 0 radical (unpaired) electrons. The molecular weight excluding hydrogens is 268 g/mol. The van der Waals surface area contributed by atoms with Crippen LogP contribution in [0.5, 0.6) is 5.75 Å². The predicted molar refractivity (Wildman–Crippen MR) is 81.1 cm³/mol. The molecule has 1 heterocycles. The van der Waals surface area contributed by atoms with Gasteiger partial charge in [0.15, 0.2) is 0 Å². The SMILES string of the molecule is COCC(=O)NC1CCOc2ccc(C(N)C(C)C)cc21. The zero-order valence-electron chi connectivity index (χ0n) is 12.9. The van der Waals surface area contributed by atoms with Gasteiger partial charge < -0.3 is 20.5 Å². The van der Waals surface area contributed by atoms with Crippen molar-refractivity contribution in [3.05, 3.63) is 29.3 Å². The van der Waals surface area contributed by atoms with E-state index in [9.17, 15) is 4.79 Å². The Morgan fingerprint density at radius 3 is 2.95 bits per heavy atom. The van der Waals surface area contributed by atoms with Gasteiger partial charge in [-0.3, -0.25) is 4.79 Å². The number of nitrogens with two attached hydrogens (primary N) is 1. The lowest BCUT2D eigenvalue weighted by atomic mass is 9.92. The molecule has 1 aliphatic rings. The number of hydrogen-bond donors (Lipinski definition) is 2. The van der Waals surface area contributed by atoms with E-state index in [1.807, 2.05) is 12.1 Å². The Kier molecular flexibility index (Phi) is 5.20. The minimum atomic E-state index is -0.117. The zero-order valence-corrected chi connectivity index (χ0v) is 12.9. The fourth-order valence-electron chi connectivity index (χ4n) is 2.52. The van der Waals surface area contributed by atoms with Crippen molar-refractivity contribution in [3.63, 3.8) is 0 Å². The van der Waals surface area contributed by atoms with E-state index in [-0.39, 0.29) is 24.6 Å². The second kappa shape index (κ2) is 6.91. The number of hydrogen-bond acceptors (Lipinski definition) is 4. The molecule has 2 unspecified atom stereocenters. The van der Waals surface area contributed by atoms with E-state index in [4.69, 9.17) is 15.2 Å². The normalized spacial score (nSPS) is 18.8. The van der Waals surface area contributed by atoms with E-state index in [1.54, 1.807) is 0 Å². The third kappa shape index (κ3) is 3.74. The molecule has 2 rings (SSSR count). The fourth-order valence-corrected chi connectivity index (χ4v) is 2.52. The van der Waals surface area contributed by atoms with Gasteiger partial charge >= 0.3 is 0 Å². The molecule has 1 aromatic rings. The molecule has 1 aromatic carbocycles. The third-order valence-electron chi connectivity index (χ3n) is 3.79. The molecule has 21 heavy (non-hydrogen) atoms. The van der Waals surface area contributed by atoms with Crippen molar-refractivity contribution in [2.45, 2.75) is 32.4 Å². The molecule has 1 amide bonds. The van der Waals surface area contributed by atoms with Crippen molar-refractivity contribution in [2.24, 2.45) is 11.7 Å². The largest absolute Gasteiger partial charge is 0.493 e. The number of ether oxygens (including phenoxy) is 2. The number of amides is 1. The van der Waals surface area contributed by atoms with Crippen LogP contribution in [0.4, 0.5) is 0 Å². The van der Waals surface area contributed by atoms with E-state index in [0.29, 0.717) is 12.5 Å². The Morgan fingerprint density at radius 1 is 1.52 bits per heavy atom. The van der Waals surface area contributed by atoms with Gasteiger partial charge in [0.1, 0.15) is 12.4 Å². The Hall–Kier alpha value is -1.59. The first kappa shape index (κ1) is 15.8. The van der Waals surface area contributed by atoms with Crippen molar-refractivity contribution in [1.29, 1.82) is 0 Å². The molecule has 0 aromatic heterocycles. The molecule has 2 atom stereocenters. The fraction of sp³-hybridized carbons (Fsp3) is 0.562. The first-order chi connectivity index (χ1) is 10.0. The maximum absolute atomic E-state index is 11.7. The molecule has 5 heteroatoms. The van der Waals surface area contributed by atoms with Crippen LogP contribution in [-0.4, -0.2) is 26.2 Å². The van der Waals surface area contributed by atoms with E-state index < -0.39 is 0 Å². The van der Waals surface area contributed by atoms with Crippen molar-refractivity contribution in [1.82, 2.24) is 5.32 Å². The summed E-state index contributed by atoms with van der Waals surface area (Å²) in [5.74, 6) is 1.06. The number of carbonyl (C=O) groups is 1. The molecule has 5 nitrogen and oxygen atoms in total. The molecule has 0 saturated heterocycles. The highest BCUT2D eigenvalue weighted by molar-refractivity contribution is 5.77. The molecule has 0 bridgehead atoms. The van der Waals surface area contributed by atoms with Crippen molar-refractivity contribution in [2.75, 3.05) is 20.3 Å². The monoisotopic (exact) mass is 292 g/mol. The molecule has 0 saturated carbocycles. The van der Waals surface area contributed by atoms with Gasteiger partial charge in [-0.25, -0.2) is 0 Å². The summed E-state index contributed by atoms with van der Waals surface area (Å²) < 4.78 is 10.5. The smallest absolute Gasteiger partial charge is 0.246 e. The van der Waals surface area contributed by atoms with Crippen LogP contribution in [0.2, 0.25) is 0 Å². The zero-order chi connectivity index (χ0) is 15.4. The lowest BCUT2D eigenvalue weighted by molar-refractivity contribution is -0.125. The molecule has 1 aliphatic heterocycles. The molecule has 0 fully saturated rings. The summed E-state index contributed by atoms with van der Waals surface area (Å²) in [5, 5.41) is 2.99. The van der Waals surface area contributed by atoms with Gasteiger partial charge in [-0.2, -0.15) is 0 Å². The lowest BCUT2D eigenvalue weighted by Gasteiger charge is -2.28. The van der Waals surface area contributed by atoms with E-state index >= 15 is 0 Å². The van der Waals surface area contributed by atoms with Crippen LogP contribution in [0.15, 0.2) is 18.2 Å². The quantitative estimate of drug-likeness (QED) is 0.869.